The Hall–Kier alpha value is -3.58. The topological polar surface area (TPSA) is 85.5 Å². The zero-order chi connectivity index (χ0) is 22.7. The highest BCUT2D eigenvalue weighted by Crippen LogP contribution is 2.20. The Morgan fingerprint density at radius 3 is 2.28 bits per heavy atom. The van der Waals surface area contributed by atoms with Gasteiger partial charge in [-0.1, -0.05) is 48.0 Å². The molecule has 4 rings (SSSR count). The lowest BCUT2D eigenvalue weighted by atomic mass is 10.1. The molecule has 2 aromatic carbocycles. The minimum absolute atomic E-state index is 0.0943. The van der Waals surface area contributed by atoms with E-state index < -0.39 is 5.56 Å². The van der Waals surface area contributed by atoms with Gasteiger partial charge < -0.3 is 20.1 Å². The molecule has 1 aromatic heterocycles. The third kappa shape index (κ3) is 4.68. The maximum Gasteiger partial charge on any atom is 0.321 e. The molecule has 8 heteroatoms. The van der Waals surface area contributed by atoms with E-state index in [9.17, 15) is 14.4 Å². The van der Waals surface area contributed by atoms with Crippen LogP contribution in [-0.4, -0.2) is 52.9 Å². The van der Waals surface area contributed by atoms with E-state index in [1.54, 1.807) is 34.1 Å². The minimum atomic E-state index is -0.423. The van der Waals surface area contributed by atoms with Gasteiger partial charge in [0, 0.05) is 42.6 Å². The average molecular weight is 451 g/mol. The quantitative estimate of drug-likeness (QED) is 0.632. The predicted octanol–water partition coefficient (Wildman–Crippen LogP) is 3.99. The molecule has 7 nitrogen and oxygen atoms in total. The number of aromatic amines is 1. The molecule has 3 aromatic rings. The summed E-state index contributed by atoms with van der Waals surface area (Å²) in [5, 5.41) is 3.42. The highest BCUT2D eigenvalue weighted by molar-refractivity contribution is 6.31. The largest absolute Gasteiger partial charge is 0.335 e. The van der Waals surface area contributed by atoms with Crippen LogP contribution in [0.15, 0.2) is 65.5 Å². The molecule has 0 radical (unpaired) electrons. The minimum Gasteiger partial charge on any atom is -0.335 e. The van der Waals surface area contributed by atoms with Crippen molar-refractivity contribution in [1.82, 2.24) is 14.8 Å². The van der Waals surface area contributed by atoms with Crippen LogP contribution in [0.25, 0.3) is 11.3 Å². The lowest BCUT2D eigenvalue weighted by Gasteiger charge is -2.34. The third-order valence-electron chi connectivity index (χ3n) is 5.50. The number of aromatic nitrogens is 1. The molecule has 32 heavy (non-hydrogen) atoms. The standard InChI is InChI=1S/C24H23ClN4O3/c1-16-7-8-18(15-20(16)25)26-24(32)29-13-11-28(12-14-29)23(31)19-9-10-21(27-22(19)30)17-5-3-2-4-6-17/h2-10,15H,11-14H2,1H3,(H,26,32)(H,27,30). The molecule has 0 bridgehead atoms. The first-order valence-corrected chi connectivity index (χ1v) is 10.7. The molecule has 0 spiro atoms. The number of carbonyl (C=O) groups is 2. The van der Waals surface area contributed by atoms with Crippen molar-refractivity contribution >= 4 is 29.2 Å². The number of amides is 3. The Morgan fingerprint density at radius 1 is 0.938 bits per heavy atom. The van der Waals surface area contributed by atoms with E-state index in [1.807, 2.05) is 43.3 Å². The van der Waals surface area contributed by atoms with Crippen LogP contribution in [0, 0.1) is 6.92 Å². The molecule has 0 saturated carbocycles. The Morgan fingerprint density at radius 2 is 1.62 bits per heavy atom. The van der Waals surface area contributed by atoms with Crippen molar-refractivity contribution in [3.8, 4) is 11.3 Å². The van der Waals surface area contributed by atoms with Crippen LogP contribution < -0.4 is 10.9 Å². The van der Waals surface area contributed by atoms with E-state index in [4.69, 9.17) is 11.6 Å². The van der Waals surface area contributed by atoms with Crippen molar-refractivity contribution in [3.63, 3.8) is 0 Å². The van der Waals surface area contributed by atoms with E-state index >= 15 is 0 Å². The predicted molar refractivity (Wildman–Crippen MR) is 125 cm³/mol. The van der Waals surface area contributed by atoms with Gasteiger partial charge in [0.15, 0.2) is 0 Å². The number of H-pyrrole nitrogens is 1. The summed E-state index contributed by atoms with van der Waals surface area (Å²) in [6.45, 7) is 3.33. The number of halogens is 1. The van der Waals surface area contributed by atoms with Crippen LogP contribution in [0.2, 0.25) is 5.02 Å². The number of benzene rings is 2. The number of urea groups is 1. The summed E-state index contributed by atoms with van der Waals surface area (Å²) in [7, 11) is 0. The fourth-order valence-electron chi connectivity index (χ4n) is 3.58. The molecule has 1 aliphatic heterocycles. The van der Waals surface area contributed by atoms with E-state index in [0.717, 1.165) is 11.1 Å². The van der Waals surface area contributed by atoms with Gasteiger partial charge in [-0.2, -0.15) is 0 Å². The molecule has 1 saturated heterocycles. The highest BCUT2D eigenvalue weighted by Gasteiger charge is 2.26. The third-order valence-corrected chi connectivity index (χ3v) is 5.91. The Labute approximate surface area is 190 Å². The van der Waals surface area contributed by atoms with Gasteiger partial charge in [-0.25, -0.2) is 4.79 Å². The molecule has 0 unspecified atom stereocenters. The first-order valence-electron chi connectivity index (χ1n) is 10.3. The van der Waals surface area contributed by atoms with Crippen LogP contribution in [-0.2, 0) is 0 Å². The number of carbonyl (C=O) groups excluding carboxylic acids is 2. The summed E-state index contributed by atoms with van der Waals surface area (Å²) < 4.78 is 0. The fraction of sp³-hybridized carbons (Fsp3) is 0.208. The van der Waals surface area contributed by atoms with Crippen LogP contribution in [0.5, 0.6) is 0 Å². The summed E-state index contributed by atoms with van der Waals surface area (Å²) in [5.41, 5.74) is 2.75. The molecule has 2 heterocycles. The van der Waals surface area contributed by atoms with Crippen molar-refractivity contribution in [2.45, 2.75) is 6.92 Å². The van der Waals surface area contributed by atoms with Gasteiger partial charge in [0.05, 0.1) is 0 Å². The smallest absolute Gasteiger partial charge is 0.321 e. The number of rotatable bonds is 3. The summed E-state index contributed by atoms with van der Waals surface area (Å²) in [5.74, 6) is -0.337. The fourth-order valence-corrected chi connectivity index (χ4v) is 3.76. The van der Waals surface area contributed by atoms with Crippen molar-refractivity contribution in [3.05, 3.63) is 87.2 Å². The number of hydrogen-bond acceptors (Lipinski definition) is 3. The SMILES string of the molecule is Cc1ccc(NC(=O)N2CCN(C(=O)c3ccc(-c4ccccc4)[nH]c3=O)CC2)cc1Cl. The summed E-state index contributed by atoms with van der Waals surface area (Å²) in [6.07, 6.45) is 0. The Kier molecular flexibility index (Phi) is 6.28. The molecular weight excluding hydrogens is 428 g/mol. The van der Waals surface area contributed by atoms with E-state index in [1.165, 1.54) is 0 Å². The number of nitrogens with one attached hydrogen (secondary N) is 2. The van der Waals surface area contributed by atoms with Gasteiger partial charge in [-0.15, -0.1) is 0 Å². The number of anilines is 1. The number of piperazine rings is 1. The van der Waals surface area contributed by atoms with Gasteiger partial charge in [0.25, 0.3) is 11.5 Å². The van der Waals surface area contributed by atoms with Crippen molar-refractivity contribution in [1.29, 1.82) is 0 Å². The Balaban J connectivity index is 1.37. The second kappa shape index (κ2) is 9.28. The molecule has 1 fully saturated rings. The normalized spacial score (nSPS) is 13.7. The van der Waals surface area contributed by atoms with Crippen LogP contribution in [0.1, 0.15) is 15.9 Å². The molecule has 164 valence electrons. The lowest BCUT2D eigenvalue weighted by molar-refractivity contribution is 0.0670. The number of pyridine rings is 1. The van der Waals surface area contributed by atoms with E-state index in [2.05, 4.69) is 10.3 Å². The zero-order valence-electron chi connectivity index (χ0n) is 17.6. The highest BCUT2D eigenvalue weighted by atomic mass is 35.5. The van der Waals surface area contributed by atoms with Gasteiger partial charge >= 0.3 is 6.03 Å². The maximum absolute atomic E-state index is 12.9. The van der Waals surface area contributed by atoms with Crippen LogP contribution >= 0.6 is 11.6 Å². The molecular formula is C24H23ClN4O3. The van der Waals surface area contributed by atoms with Gasteiger partial charge in [-0.05, 0) is 42.3 Å². The summed E-state index contributed by atoms with van der Waals surface area (Å²) in [4.78, 5) is 44.0. The maximum atomic E-state index is 12.9. The van der Waals surface area contributed by atoms with Gasteiger partial charge in [0.1, 0.15) is 5.56 Å². The molecule has 1 aliphatic rings. The average Bonchev–Trinajstić information content (AvgIpc) is 2.81. The molecule has 0 aliphatic carbocycles. The van der Waals surface area contributed by atoms with E-state index in [0.29, 0.717) is 42.6 Å². The van der Waals surface area contributed by atoms with E-state index in [-0.39, 0.29) is 17.5 Å². The van der Waals surface area contributed by atoms with Crippen molar-refractivity contribution < 1.29 is 9.59 Å². The monoisotopic (exact) mass is 450 g/mol. The number of hydrogen-bond donors (Lipinski definition) is 2. The molecule has 2 N–H and O–H groups in total. The zero-order valence-corrected chi connectivity index (χ0v) is 18.4. The lowest BCUT2D eigenvalue weighted by Crippen LogP contribution is -2.52. The number of aryl methyl sites for hydroxylation is 1. The van der Waals surface area contributed by atoms with Gasteiger partial charge in [0.2, 0.25) is 0 Å². The van der Waals surface area contributed by atoms with Gasteiger partial charge in [-0.3, -0.25) is 9.59 Å². The second-order valence-electron chi connectivity index (χ2n) is 7.65. The summed E-state index contributed by atoms with van der Waals surface area (Å²) >= 11 is 6.12. The van der Waals surface area contributed by atoms with Crippen LogP contribution in [0.4, 0.5) is 10.5 Å². The second-order valence-corrected chi connectivity index (χ2v) is 8.06. The molecule has 3 amide bonds. The number of nitrogens with zero attached hydrogens (tertiary/aromatic N) is 2. The summed E-state index contributed by atoms with van der Waals surface area (Å²) in [6, 6.07) is 17.8. The Bertz CT molecular complexity index is 1200. The first kappa shape index (κ1) is 21.6. The van der Waals surface area contributed by atoms with Crippen LogP contribution in [0.3, 0.4) is 0 Å². The van der Waals surface area contributed by atoms with Crippen molar-refractivity contribution in [2.75, 3.05) is 31.5 Å². The van der Waals surface area contributed by atoms with Crippen molar-refractivity contribution in [2.24, 2.45) is 0 Å². The molecule has 0 atom stereocenters. The first-order chi connectivity index (χ1) is 15.4.